The van der Waals surface area contributed by atoms with Crippen molar-refractivity contribution in [3.63, 3.8) is 0 Å². The fourth-order valence-electron chi connectivity index (χ4n) is 5.28. The van der Waals surface area contributed by atoms with E-state index < -0.39 is 10.0 Å². The first-order chi connectivity index (χ1) is 17.5. The molecule has 0 unspecified atom stereocenters. The third kappa shape index (κ3) is 5.16. The lowest BCUT2D eigenvalue weighted by molar-refractivity contribution is 0.329. The molecule has 5 rings (SSSR count). The maximum atomic E-state index is 13.2. The van der Waals surface area contributed by atoms with Crippen LogP contribution in [0.4, 0.5) is 5.95 Å². The van der Waals surface area contributed by atoms with E-state index in [9.17, 15) is 13.2 Å². The van der Waals surface area contributed by atoms with E-state index in [0.717, 1.165) is 43.2 Å². The van der Waals surface area contributed by atoms with Gasteiger partial charge in [-0.25, -0.2) is 13.4 Å². The van der Waals surface area contributed by atoms with Crippen LogP contribution in [0.5, 0.6) is 0 Å². The van der Waals surface area contributed by atoms with Crippen molar-refractivity contribution in [2.45, 2.75) is 69.0 Å². The number of nitrogens with one attached hydrogen (secondary N) is 2. The Morgan fingerprint density at radius 3 is 2.58 bits per heavy atom. The SMILES string of the molecule is CCNCc1cccc(S(=O)(=O)N2CCC(Nc3ncc4ccc(=O)n(C5CCCC5)c4n3)CC2)c1. The third-order valence-electron chi connectivity index (χ3n) is 7.26. The zero-order chi connectivity index (χ0) is 25.1. The first-order valence-electron chi connectivity index (χ1n) is 12.9. The van der Waals surface area contributed by atoms with Crippen molar-refractivity contribution in [2.24, 2.45) is 0 Å². The molecule has 1 saturated carbocycles. The monoisotopic (exact) mass is 510 g/mol. The second-order valence-corrected chi connectivity index (χ2v) is 11.6. The molecule has 0 amide bonds. The van der Waals surface area contributed by atoms with Crippen molar-refractivity contribution in [2.75, 3.05) is 25.0 Å². The summed E-state index contributed by atoms with van der Waals surface area (Å²) < 4.78 is 29.9. The Bertz CT molecular complexity index is 1380. The molecule has 0 spiro atoms. The highest BCUT2D eigenvalue weighted by atomic mass is 32.2. The van der Waals surface area contributed by atoms with E-state index in [0.29, 0.717) is 49.0 Å². The number of piperidine rings is 1. The van der Waals surface area contributed by atoms with Gasteiger partial charge in [0.1, 0.15) is 5.65 Å². The highest BCUT2D eigenvalue weighted by Crippen LogP contribution is 2.30. The van der Waals surface area contributed by atoms with Crippen LogP contribution in [0.3, 0.4) is 0 Å². The molecular formula is C26H34N6O3S. The lowest BCUT2D eigenvalue weighted by Gasteiger charge is -2.31. The van der Waals surface area contributed by atoms with Gasteiger partial charge in [0.05, 0.1) is 4.90 Å². The van der Waals surface area contributed by atoms with Gasteiger partial charge in [-0.05, 0) is 56.0 Å². The number of nitrogens with zero attached hydrogens (tertiary/aromatic N) is 4. The molecule has 0 bridgehead atoms. The molecule has 1 aliphatic heterocycles. The maximum absolute atomic E-state index is 13.2. The summed E-state index contributed by atoms with van der Waals surface area (Å²) in [4.78, 5) is 22.2. The van der Waals surface area contributed by atoms with E-state index in [2.05, 4.69) is 15.6 Å². The summed E-state index contributed by atoms with van der Waals surface area (Å²) in [6.45, 7) is 4.36. The van der Waals surface area contributed by atoms with Crippen LogP contribution in [0.15, 0.2) is 52.3 Å². The van der Waals surface area contributed by atoms with Gasteiger partial charge >= 0.3 is 0 Å². The van der Waals surface area contributed by atoms with Crippen molar-refractivity contribution in [3.8, 4) is 0 Å². The van der Waals surface area contributed by atoms with E-state index in [1.54, 1.807) is 40.8 Å². The van der Waals surface area contributed by atoms with Crippen LogP contribution in [0.25, 0.3) is 11.0 Å². The number of hydrogen-bond acceptors (Lipinski definition) is 7. The minimum Gasteiger partial charge on any atom is -0.351 e. The number of benzene rings is 1. The Labute approximate surface area is 212 Å². The fourth-order valence-corrected chi connectivity index (χ4v) is 6.82. The van der Waals surface area contributed by atoms with Gasteiger partial charge < -0.3 is 10.6 Å². The van der Waals surface area contributed by atoms with Crippen LogP contribution in [-0.2, 0) is 16.6 Å². The maximum Gasteiger partial charge on any atom is 0.252 e. The molecule has 3 aromatic rings. The molecular weight excluding hydrogens is 476 g/mol. The van der Waals surface area contributed by atoms with Gasteiger partial charge in [0.2, 0.25) is 16.0 Å². The average Bonchev–Trinajstić information content (AvgIpc) is 3.42. The fraction of sp³-hybridized carbons (Fsp3) is 0.500. The normalized spacial score (nSPS) is 18.1. The van der Waals surface area contributed by atoms with Gasteiger partial charge in [0.15, 0.2) is 0 Å². The van der Waals surface area contributed by atoms with Crippen LogP contribution in [0, 0.1) is 0 Å². The van der Waals surface area contributed by atoms with Crippen molar-refractivity contribution in [1.82, 2.24) is 24.2 Å². The molecule has 10 heteroatoms. The summed E-state index contributed by atoms with van der Waals surface area (Å²) in [5.74, 6) is 0.484. The smallest absolute Gasteiger partial charge is 0.252 e. The molecule has 2 N–H and O–H groups in total. The van der Waals surface area contributed by atoms with Crippen LogP contribution in [0.2, 0.25) is 0 Å². The minimum atomic E-state index is -3.55. The van der Waals surface area contributed by atoms with Crippen LogP contribution < -0.4 is 16.2 Å². The summed E-state index contributed by atoms with van der Waals surface area (Å²) in [5.41, 5.74) is 1.61. The molecule has 2 fully saturated rings. The summed E-state index contributed by atoms with van der Waals surface area (Å²) in [7, 11) is -3.55. The number of rotatable bonds is 8. The number of sulfonamides is 1. The summed E-state index contributed by atoms with van der Waals surface area (Å²) in [6, 6.07) is 10.8. The van der Waals surface area contributed by atoms with Crippen LogP contribution in [-0.4, -0.2) is 52.9 Å². The predicted molar refractivity (Wildman–Crippen MR) is 141 cm³/mol. The standard InChI is InChI=1S/C26H34N6O3S/c1-2-27-17-19-6-5-9-23(16-19)36(34,35)31-14-12-21(13-15-31)29-26-28-18-20-10-11-24(33)32(25(20)30-26)22-7-3-4-8-22/h5-6,9-11,16,18,21-22,27H,2-4,7-8,12-15,17H2,1H3,(H,28,29,30). The van der Waals surface area contributed by atoms with Gasteiger partial charge in [0.25, 0.3) is 5.56 Å². The Balaban J connectivity index is 1.27. The topological polar surface area (TPSA) is 109 Å². The number of pyridine rings is 1. The largest absolute Gasteiger partial charge is 0.351 e. The zero-order valence-corrected chi connectivity index (χ0v) is 21.5. The Morgan fingerprint density at radius 1 is 1.06 bits per heavy atom. The first-order valence-corrected chi connectivity index (χ1v) is 14.3. The molecule has 2 aliphatic rings. The van der Waals surface area contributed by atoms with Crippen molar-refractivity contribution >= 4 is 27.0 Å². The van der Waals surface area contributed by atoms with Gasteiger partial charge in [-0.15, -0.1) is 0 Å². The van der Waals surface area contributed by atoms with E-state index in [1.165, 1.54) is 0 Å². The van der Waals surface area contributed by atoms with Crippen molar-refractivity contribution < 1.29 is 8.42 Å². The molecule has 36 heavy (non-hydrogen) atoms. The van der Waals surface area contributed by atoms with Gasteiger partial charge in [-0.1, -0.05) is 31.9 Å². The molecule has 0 radical (unpaired) electrons. The second-order valence-electron chi connectivity index (χ2n) is 9.70. The van der Waals surface area contributed by atoms with E-state index in [-0.39, 0.29) is 17.6 Å². The molecule has 3 heterocycles. The number of anilines is 1. The van der Waals surface area contributed by atoms with Gasteiger partial charge in [-0.3, -0.25) is 9.36 Å². The Morgan fingerprint density at radius 2 is 1.83 bits per heavy atom. The summed E-state index contributed by atoms with van der Waals surface area (Å²) >= 11 is 0. The third-order valence-corrected chi connectivity index (χ3v) is 9.15. The number of aromatic nitrogens is 3. The molecule has 0 atom stereocenters. The van der Waals surface area contributed by atoms with Crippen molar-refractivity contribution in [3.05, 3.63) is 58.5 Å². The van der Waals surface area contributed by atoms with E-state index in [1.807, 2.05) is 17.6 Å². The summed E-state index contributed by atoms with van der Waals surface area (Å²) in [6.07, 6.45) is 7.32. The lowest BCUT2D eigenvalue weighted by Crippen LogP contribution is -2.42. The minimum absolute atomic E-state index is 0.0212. The van der Waals surface area contributed by atoms with Crippen LogP contribution >= 0.6 is 0 Å². The predicted octanol–water partition coefficient (Wildman–Crippen LogP) is 3.28. The molecule has 192 valence electrons. The molecule has 1 aromatic carbocycles. The molecule has 1 saturated heterocycles. The highest BCUT2D eigenvalue weighted by Gasteiger charge is 2.30. The second kappa shape index (κ2) is 10.7. The quantitative estimate of drug-likeness (QED) is 0.479. The van der Waals surface area contributed by atoms with E-state index in [4.69, 9.17) is 4.98 Å². The van der Waals surface area contributed by atoms with Crippen LogP contribution in [0.1, 0.15) is 57.1 Å². The Kier molecular flexibility index (Phi) is 7.36. The lowest BCUT2D eigenvalue weighted by atomic mass is 10.1. The van der Waals surface area contributed by atoms with E-state index >= 15 is 0 Å². The molecule has 2 aromatic heterocycles. The summed E-state index contributed by atoms with van der Waals surface area (Å²) in [5, 5.41) is 7.48. The first kappa shape index (κ1) is 24.9. The van der Waals surface area contributed by atoms with Crippen molar-refractivity contribution in [1.29, 1.82) is 0 Å². The van der Waals surface area contributed by atoms with Gasteiger partial charge in [0, 0.05) is 49.4 Å². The average molecular weight is 511 g/mol. The van der Waals surface area contributed by atoms with Gasteiger partial charge in [-0.2, -0.15) is 9.29 Å². The molecule has 9 nitrogen and oxygen atoms in total. The highest BCUT2D eigenvalue weighted by molar-refractivity contribution is 7.89. The zero-order valence-electron chi connectivity index (χ0n) is 20.7. The number of hydrogen-bond donors (Lipinski definition) is 2. The molecule has 1 aliphatic carbocycles. The number of fused-ring (bicyclic) bond motifs is 1. The Hall–Kier alpha value is -2.82.